The lowest BCUT2D eigenvalue weighted by Gasteiger charge is -2.24. The lowest BCUT2D eigenvalue weighted by molar-refractivity contribution is -0.117. The van der Waals surface area contributed by atoms with Crippen molar-refractivity contribution in [2.75, 3.05) is 59.9 Å². The first-order valence-corrected chi connectivity index (χ1v) is 12.6. The van der Waals surface area contributed by atoms with Crippen molar-refractivity contribution in [2.24, 2.45) is 15.3 Å². The second kappa shape index (κ2) is 17.3. The molecule has 1 atom stereocenters. The Labute approximate surface area is 257 Å². The molecule has 0 aromatic heterocycles. The van der Waals surface area contributed by atoms with Gasteiger partial charge in [0, 0.05) is 13.1 Å². The van der Waals surface area contributed by atoms with Crippen LogP contribution in [0.5, 0.6) is 0 Å². The average molecular weight is 624 g/mol. The minimum absolute atomic E-state index is 0. The van der Waals surface area contributed by atoms with Crippen LogP contribution in [0.3, 0.4) is 0 Å². The van der Waals surface area contributed by atoms with Crippen LogP contribution in [0.25, 0.3) is 0 Å². The zero-order valence-corrected chi connectivity index (χ0v) is 25.5. The maximum absolute atomic E-state index is 12.6. The van der Waals surface area contributed by atoms with Gasteiger partial charge in [0.2, 0.25) is 5.72 Å². The molecule has 42 heavy (non-hydrogen) atoms. The van der Waals surface area contributed by atoms with E-state index in [4.69, 9.17) is 9.47 Å². The molecular formula is C28H36Cl2N6O6. The number of rotatable bonds is 12. The van der Waals surface area contributed by atoms with E-state index in [1.165, 1.54) is 18.2 Å². The third kappa shape index (κ3) is 10.6. The maximum atomic E-state index is 12.6. The van der Waals surface area contributed by atoms with E-state index in [9.17, 15) is 19.5 Å². The number of halogens is 2. The number of carbonyl (C=O) groups is 3. The SMILES string of the molecule is CN(C)CCOC(=O)c1ccccc1N=NC1(O)CC(=O)C=C/C1=N/Nc1ccccc1C(=O)OCCN(C)C.Cl.Cl. The number of ketones is 1. The van der Waals surface area contributed by atoms with Gasteiger partial charge < -0.3 is 24.4 Å². The molecule has 0 heterocycles. The Morgan fingerprint density at radius 2 is 1.43 bits per heavy atom. The standard InChI is InChI=1S/C28H34N6O6.2ClH/c1-33(2)15-17-39-26(36)21-9-5-7-11-23(21)29-31-25-14-13-20(35)19-28(25,38)32-30-24-12-8-6-10-22(24)27(37)40-18-16-34(3)4;;/h5-14,29,38H,15-19H2,1-4H3;2*1H/b31-25-,32-30?;;. The fourth-order valence-electron chi connectivity index (χ4n) is 3.46. The van der Waals surface area contributed by atoms with E-state index < -0.39 is 24.1 Å². The minimum atomic E-state index is -2.12. The molecule has 12 nitrogen and oxygen atoms in total. The lowest BCUT2D eigenvalue weighted by Crippen LogP contribution is -2.40. The van der Waals surface area contributed by atoms with Gasteiger partial charge >= 0.3 is 11.9 Å². The number of hydrogen-bond donors (Lipinski definition) is 2. The van der Waals surface area contributed by atoms with Gasteiger partial charge in [-0.05, 0) is 64.6 Å². The molecule has 1 aliphatic carbocycles. The molecule has 0 bridgehead atoms. The number of esters is 2. The van der Waals surface area contributed by atoms with Crippen molar-refractivity contribution in [3.8, 4) is 0 Å². The van der Waals surface area contributed by atoms with Crippen LogP contribution in [0.4, 0.5) is 11.4 Å². The van der Waals surface area contributed by atoms with Crippen molar-refractivity contribution in [2.45, 2.75) is 12.1 Å². The summed E-state index contributed by atoms with van der Waals surface area (Å²) in [4.78, 5) is 41.2. The number of benzene rings is 2. The first kappa shape index (κ1) is 36.3. The fraction of sp³-hybridized carbons (Fsp3) is 0.357. The third-order valence-electron chi connectivity index (χ3n) is 5.69. The molecule has 2 aromatic carbocycles. The largest absolute Gasteiger partial charge is 0.461 e. The highest BCUT2D eigenvalue weighted by Crippen LogP contribution is 2.27. The number of ether oxygens (including phenoxy) is 2. The molecule has 1 aliphatic rings. The highest BCUT2D eigenvalue weighted by atomic mass is 35.5. The van der Waals surface area contributed by atoms with Crippen molar-refractivity contribution >= 4 is 59.6 Å². The summed E-state index contributed by atoms with van der Waals surface area (Å²) in [5.74, 6) is -1.52. The van der Waals surface area contributed by atoms with E-state index in [1.807, 2.05) is 38.0 Å². The number of nitrogens with one attached hydrogen (secondary N) is 1. The summed E-state index contributed by atoms with van der Waals surface area (Å²) < 4.78 is 10.6. The van der Waals surface area contributed by atoms with Crippen molar-refractivity contribution in [3.05, 3.63) is 71.8 Å². The van der Waals surface area contributed by atoms with Gasteiger partial charge in [-0.1, -0.05) is 24.3 Å². The number of hydrogen-bond acceptors (Lipinski definition) is 12. The molecule has 1 unspecified atom stereocenters. The summed E-state index contributed by atoms with van der Waals surface area (Å²) in [6.45, 7) is 1.52. The van der Waals surface area contributed by atoms with Crippen LogP contribution in [0.1, 0.15) is 27.1 Å². The van der Waals surface area contributed by atoms with Crippen LogP contribution >= 0.6 is 24.8 Å². The second-order valence-corrected chi connectivity index (χ2v) is 9.54. The van der Waals surface area contributed by atoms with Gasteiger partial charge in [0.15, 0.2) is 5.78 Å². The van der Waals surface area contributed by atoms with Gasteiger partial charge in [-0.25, -0.2) is 9.59 Å². The lowest BCUT2D eigenvalue weighted by atomic mass is 9.95. The first-order valence-electron chi connectivity index (χ1n) is 12.6. The van der Waals surface area contributed by atoms with E-state index in [-0.39, 0.29) is 66.3 Å². The van der Waals surface area contributed by atoms with Crippen LogP contribution in [0, 0.1) is 0 Å². The Hall–Kier alpha value is -3.68. The van der Waals surface area contributed by atoms with Gasteiger partial charge in [-0.15, -0.1) is 29.9 Å². The number of para-hydroxylation sites is 1. The van der Waals surface area contributed by atoms with Crippen LogP contribution in [-0.4, -0.2) is 98.6 Å². The number of hydrazone groups is 1. The summed E-state index contributed by atoms with van der Waals surface area (Å²) in [6, 6.07) is 13.0. The second-order valence-electron chi connectivity index (χ2n) is 9.54. The van der Waals surface area contributed by atoms with Gasteiger partial charge in [0.05, 0.1) is 28.9 Å². The number of azo groups is 1. The molecule has 14 heteroatoms. The summed E-state index contributed by atoms with van der Waals surface area (Å²) in [7, 11) is 7.47. The molecule has 0 radical (unpaired) electrons. The number of nitrogens with zero attached hydrogens (tertiary/aromatic N) is 5. The molecule has 3 rings (SSSR count). The van der Waals surface area contributed by atoms with Gasteiger partial charge in [-0.2, -0.15) is 10.2 Å². The molecule has 0 spiro atoms. The van der Waals surface area contributed by atoms with Crippen LogP contribution < -0.4 is 5.43 Å². The summed E-state index contributed by atoms with van der Waals surface area (Å²) in [5.41, 5.74) is 1.52. The van der Waals surface area contributed by atoms with Gasteiger partial charge in [0.25, 0.3) is 0 Å². The Kier molecular flexibility index (Phi) is 15.0. The molecule has 0 fully saturated rings. The van der Waals surface area contributed by atoms with Crippen molar-refractivity contribution in [1.82, 2.24) is 9.80 Å². The minimum Gasteiger partial charge on any atom is -0.461 e. The Balaban J connectivity index is 0.00000441. The van der Waals surface area contributed by atoms with Crippen molar-refractivity contribution < 1.29 is 29.0 Å². The quantitative estimate of drug-likeness (QED) is 0.205. The Bertz CT molecular complexity index is 1320. The molecule has 2 N–H and O–H groups in total. The van der Waals surface area contributed by atoms with Crippen LogP contribution in [0.15, 0.2) is 76.0 Å². The summed E-state index contributed by atoms with van der Waals surface area (Å²) >= 11 is 0. The molecule has 0 saturated heterocycles. The Morgan fingerprint density at radius 3 is 2.05 bits per heavy atom. The van der Waals surface area contributed by atoms with Crippen molar-refractivity contribution in [3.63, 3.8) is 0 Å². The highest BCUT2D eigenvalue weighted by Gasteiger charge is 2.38. The zero-order chi connectivity index (χ0) is 29.1. The van der Waals surface area contributed by atoms with E-state index in [2.05, 4.69) is 20.8 Å². The third-order valence-corrected chi connectivity index (χ3v) is 5.69. The molecule has 228 valence electrons. The van der Waals surface area contributed by atoms with Gasteiger partial charge in [0.1, 0.15) is 18.9 Å². The normalized spacial score (nSPS) is 17.2. The smallest absolute Gasteiger partial charge is 0.340 e. The van der Waals surface area contributed by atoms with Crippen LogP contribution in [0.2, 0.25) is 0 Å². The number of likely N-dealkylation sites (N-methyl/N-ethyl adjacent to an activating group) is 2. The predicted octanol–water partition coefficient (Wildman–Crippen LogP) is 3.74. The molecule has 0 amide bonds. The molecule has 2 aromatic rings. The fourth-order valence-corrected chi connectivity index (χ4v) is 3.46. The van der Waals surface area contributed by atoms with Crippen molar-refractivity contribution in [1.29, 1.82) is 0 Å². The first-order chi connectivity index (χ1) is 19.1. The number of allylic oxidation sites excluding steroid dienone is 1. The molecular weight excluding hydrogens is 587 g/mol. The van der Waals surface area contributed by atoms with E-state index in [0.29, 0.717) is 18.8 Å². The van der Waals surface area contributed by atoms with Crippen LogP contribution in [-0.2, 0) is 14.3 Å². The van der Waals surface area contributed by atoms with E-state index in [0.717, 1.165) is 0 Å². The number of anilines is 1. The molecule has 0 aliphatic heterocycles. The monoisotopic (exact) mass is 622 g/mol. The highest BCUT2D eigenvalue weighted by molar-refractivity contribution is 6.12. The number of carbonyl (C=O) groups excluding carboxylic acids is 3. The van der Waals surface area contributed by atoms with E-state index in [1.54, 1.807) is 42.5 Å². The van der Waals surface area contributed by atoms with Gasteiger partial charge in [-0.3, -0.25) is 10.2 Å². The molecule has 0 saturated carbocycles. The maximum Gasteiger partial charge on any atom is 0.340 e. The Morgan fingerprint density at radius 1 is 0.881 bits per heavy atom. The van der Waals surface area contributed by atoms with E-state index >= 15 is 0 Å². The topological polar surface area (TPSA) is 145 Å². The zero-order valence-electron chi connectivity index (χ0n) is 23.9. The summed E-state index contributed by atoms with van der Waals surface area (Å²) in [5, 5.41) is 23.6. The average Bonchev–Trinajstić information content (AvgIpc) is 2.91. The number of aliphatic hydroxyl groups is 1. The summed E-state index contributed by atoms with van der Waals surface area (Å²) in [6.07, 6.45) is 2.16. The predicted molar refractivity (Wildman–Crippen MR) is 164 cm³/mol.